The molecule has 0 aromatic rings. The first-order valence-electron chi connectivity index (χ1n) is 3.80. The molecule has 1 N–H and O–H groups in total. The molecule has 0 amide bonds. The highest BCUT2D eigenvalue weighted by molar-refractivity contribution is 5.91. The summed E-state index contributed by atoms with van der Waals surface area (Å²) < 4.78 is 9.01. The van der Waals surface area contributed by atoms with Crippen LogP contribution in [0.15, 0.2) is 11.8 Å². The molecule has 1 heterocycles. The maximum Gasteiger partial charge on any atom is 0.335 e. The predicted octanol–water partition coefficient (Wildman–Crippen LogP) is -0.422. The minimum Gasteiger partial charge on any atom is -0.467 e. The highest BCUT2D eigenvalue weighted by Gasteiger charge is 2.27. The topological polar surface area (TPSA) is 64.6 Å². The Balaban J connectivity index is 2.51. The van der Waals surface area contributed by atoms with Crippen molar-refractivity contribution in [2.75, 3.05) is 14.2 Å². The third-order valence-corrected chi connectivity index (χ3v) is 1.82. The number of esters is 2. The molecule has 0 aromatic heterocycles. The molecule has 13 heavy (non-hydrogen) atoms. The van der Waals surface area contributed by atoms with E-state index in [1.54, 1.807) is 0 Å². The van der Waals surface area contributed by atoms with E-state index in [1.165, 1.54) is 20.4 Å². The molecule has 0 fully saturated rings. The Bertz CT molecular complexity index is 259. The number of methoxy groups -OCH3 is 2. The van der Waals surface area contributed by atoms with Crippen molar-refractivity contribution in [2.45, 2.75) is 12.5 Å². The summed E-state index contributed by atoms with van der Waals surface area (Å²) in [5.74, 6) is -0.797. The summed E-state index contributed by atoms with van der Waals surface area (Å²) in [6, 6.07) is -0.459. The van der Waals surface area contributed by atoms with Crippen molar-refractivity contribution >= 4 is 11.9 Å². The molecule has 1 atom stereocenters. The number of ether oxygens (including phenoxy) is 2. The van der Waals surface area contributed by atoms with Gasteiger partial charge in [-0.2, -0.15) is 0 Å². The lowest BCUT2D eigenvalue weighted by Gasteiger charge is -2.07. The second-order valence-corrected chi connectivity index (χ2v) is 2.61. The van der Waals surface area contributed by atoms with Crippen molar-refractivity contribution in [1.82, 2.24) is 5.32 Å². The number of rotatable bonds is 2. The van der Waals surface area contributed by atoms with E-state index in [0.29, 0.717) is 12.0 Å². The molecular formula is C8H11NO4. The van der Waals surface area contributed by atoms with Crippen LogP contribution in [0.3, 0.4) is 0 Å². The van der Waals surface area contributed by atoms with Gasteiger partial charge in [-0.25, -0.2) is 9.59 Å². The molecule has 0 bridgehead atoms. The van der Waals surface area contributed by atoms with Crippen molar-refractivity contribution in [3.8, 4) is 0 Å². The maximum atomic E-state index is 11.0. The molecule has 0 spiro atoms. The Labute approximate surface area is 75.7 Å². The van der Waals surface area contributed by atoms with Crippen molar-refractivity contribution < 1.29 is 19.1 Å². The largest absolute Gasteiger partial charge is 0.467 e. The first-order chi connectivity index (χ1) is 6.19. The van der Waals surface area contributed by atoms with Gasteiger partial charge in [-0.3, -0.25) is 0 Å². The lowest BCUT2D eigenvalue weighted by molar-refractivity contribution is -0.142. The van der Waals surface area contributed by atoms with Gasteiger partial charge < -0.3 is 14.8 Å². The van der Waals surface area contributed by atoms with E-state index in [4.69, 9.17) is 0 Å². The molecule has 0 saturated carbocycles. The first-order valence-corrected chi connectivity index (χ1v) is 3.80. The molecule has 0 radical (unpaired) electrons. The van der Waals surface area contributed by atoms with Crippen LogP contribution in [0.5, 0.6) is 0 Å². The van der Waals surface area contributed by atoms with E-state index in [0.717, 1.165) is 0 Å². The van der Waals surface area contributed by atoms with E-state index in [1.807, 2.05) is 0 Å². The zero-order valence-electron chi connectivity index (χ0n) is 7.49. The average Bonchev–Trinajstić information content (AvgIpc) is 2.64. The maximum absolute atomic E-state index is 11.0. The Morgan fingerprint density at radius 3 is 2.69 bits per heavy atom. The molecule has 1 aliphatic heterocycles. The molecule has 0 aromatic carbocycles. The number of hydrogen-bond acceptors (Lipinski definition) is 5. The lowest BCUT2D eigenvalue weighted by atomic mass is 10.1. The SMILES string of the molecule is COC(=O)C1=CN[C@H](C(=O)OC)C1. The van der Waals surface area contributed by atoms with E-state index < -0.39 is 12.0 Å². The van der Waals surface area contributed by atoms with Gasteiger partial charge in [0.1, 0.15) is 6.04 Å². The average molecular weight is 185 g/mol. The lowest BCUT2D eigenvalue weighted by Crippen LogP contribution is -2.30. The third-order valence-electron chi connectivity index (χ3n) is 1.82. The molecule has 1 aliphatic rings. The van der Waals surface area contributed by atoms with Gasteiger partial charge in [-0.05, 0) is 0 Å². The van der Waals surface area contributed by atoms with Gasteiger partial charge in [0.15, 0.2) is 0 Å². The Morgan fingerprint density at radius 1 is 1.46 bits per heavy atom. The minimum atomic E-state index is -0.459. The molecule has 5 heteroatoms. The summed E-state index contributed by atoms with van der Waals surface area (Å²) in [7, 11) is 2.61. The van der Waals surface area contributed by atoms with Crippen molar-refractivity contribution in [3.05, 3.63) is 11.8 Å². The van der Waals surface area contributed by atoms with E-state index in [-0.39, 0.29) is 5.97 Å². The fraction of sp³-hybridized carbons (Fsp3) is 0.500. The van der Waals surface area contributed by atoms with Crippen LogP contribution in [0.1, 0.15) is 6.42 Å². The summed E-state index contributed by atoms with van der Waals surface area (Å²) in [5.41, 5.74) is 0.456. The number of carbonyl (C=O) groups is 2. The summed E-state index contributed by atoms with van der Waals surface area (Å²) in [6.45, 7) is 0. The molecule has 5 nitrogen and oxygen atoms in total. The third kappa shape index (κ3) is 1.99. The summed E-state index contributed by atoms with van der Waals surface area (Å²) in [6.07, 6.45) is 1.80. The second kappa shape index (κ2) is 3.93. The van der Waals surface area contributed by atoms with Gasteiger partial charge in [0.2, 0.25) is 0 Å². The van der Waals surface area contributed by atoms with Crippen LogP contribution >= 0.6 is 0 Å². The van der Waals surface area contributed by atoms with Gasteiger partial charge in [-0.1, -0.05) is 0 Å². The first kappa shape index (κ1) is 9.57. The molecule has 0 aliphatic carbocycles. The van der Waals surface area contributed by atoms with E-state index in [9.17, 15) is 9.59 Å². The van der Waals surface area contributed by atoms with Crippen LogP contribution in [-0.4, -0.2) is 32.2 Å². The standard InChI is InChI=1S/C8H11NO4/c1-12-7(10)5-3-6(9-4-5)8(11)13-2/h4,6,9H,3H2,1-2H3/t6-/m0/s1. The van der Waals surface area contributed by atoms with Crippen LogP contribution in [0.4, 0.5) is 0 Å². The van der Waals surface area contributed by atoms with Crippen LogP contribution in [-0.2, 0) is 19.1 Å². The van der Waals surface area contributed by atoms with Crippen LogP contribution in [0, 0.1) is 0 Å². The minimum absolute atomic E-state index is 0.319. The quantitative estimate of drug-likeness (QED) is 0.592. The van der Waals surface area contributed by atoms with Gasteiger partial charge >= 0.3 is 11.9 Å². The van der Waals surface area contributed by atoms with Crippen LogP contribution in [0.25, 0.3) is 0 Å². The molecular weight excluding hydrogens is 174 g/mol. The van der Waals surface area contributed by atoms with Crippen molar-refractivity contribution in [3.63, 3.8) is 0 Å². The van der Waals surface area contributed by atoms with Gasteiger partial charge in [0, 0.05) is 12.6 Å². The van der Waals surface area contributed by atoms with Crippen molar-refractivity contribution in [1.29, 1.82) is 0 Å². The molecule has 72 valence electrons. The highest BCUT2D eigenvalue weighted by atomic mass is 16.5. The zero-order valence-corrected chi connectivity index (χ0v) is 7.49. The smallest absolute Gasteiger partial charge is 0.335 e. The number of carbonyl (C=O) groups excluding carboxylic acids is 2. The molecule has 0 saturated heterocycles. The fourth-order valence-corrected chi connectivity index (χ4v) is 1.11. The molecule has 0 unspecified atom stereocenters. The summed E-state index contributed by atoms with van der Waals surface area (Å²) in [4.78, 5) is 22.0. The van der Waals surface area contributed by atoms with E-state index in [2.05, 4.69) is 14.8 Å². The van der Waals surface area contributed by atoms with Gasteiger partial charge in [-0.15, -0.1) is 0 Å². The monoisotopic (exact) mass is 185 g/mol. The predicted molar refractivity (Wildman–Crippen MR) is 43.7 cm³/mol. The molecule has 1 rings (SSSR count). The van der Waals surface area contributed by atoms with E-state index >= 15 is 0 Å². The second-order valence-electron chi connectivity index (χ2n) is 2.61. The Hall–Kier alpha value is -1.52. The summed E-state index contributed by atoms with van der Waals surface area (Å²) >= 11 is 0. The normalized spacial score (nSPS) is 20.2. The fourth-order valence-electron chi connectivity index (χ4n) is 1.11. The van der Waals surface area contributed by atoms with Crippen LogP contribution in [0.2, 0.25) is 0 Å². The number of nitrogens with one attached hydrogen (secondary N) is 1. The van der Waals surface area contributed by atoms with Gasteiger partial charge in [0.05, 0.1) is 19.8 Å². The summed E-state index contributed by atoms with van der Waals surface area (Å²) in [5, 5.41) is 2.74. The number of hydrogen-bond donors (Lipinski definition) is 1. The highest BCUT2D eigenvalue weighted by Crippen LogP contribution is 2.14. The van der Waals surface area contributed by atoms with Crippen molar-refractivity contribution in [2.24, 2.45) is 0 Å². The Kier molecular flexibility index (Phi) is 2.89. The zero-order chi connectivity index (χ0) is 9.84. The van der Waals surface area contributed by atoms with Gasteiger partial charge in [0.25, 0.3) is 0 Å². The van der Waals surface area contributed by atoms with Crippen LogP contribution < -0.4 is 5.32 Å². The Morgan fingerprint density at radius 2 is 2.15 bits per heavy atom.